The number of nitrogens with zero attached hydrogens (tertiary/aromatic N) is 2. The molecule has 0 saturated heterocycles. The first kappa shape index (κ1) is 19.4. The van der Waals surface area contributed by atoms with E-state index in [0.717, 1.165) is 10.9 Å². The molecule has 1 amide bonds. The normalized spacial score (nSPS) is 10.8. The van der Waals surface area contributed by atoms with Crippen molar-refractivity contribution < 1.29 is 19.0 Å². The van der Waals surface area contributed by atoms with Crippen LogP contribution in [0.4, 0.5) is 0 Å². The maximum atomic E-state index is 11.9. The van der Waals surface area contributed by atoms with Crippen molar-refractivity contribution in [2.75, 3.05) is 20.8 Å². The number of amides is 1. The van der Waals surface area contributed by atoms with Crippen LogP contribution in [0.25, 0.3) is 10.9 Å². The summed E-state index contributed by atoms with van der Waals surface area (Å²) in [5.74, 6) is 1.57. The molecule has 1 heterocycles. The second-order valence-electron chi connectivity index (χ2n) is 5.68. The Morgan fingerprint density at radius 2 is 1.75 bits per heavy atom. The fourth-order valence-corrected chi connectivity index (χ4v) is 2.59. The highest BCUT2D eigenvalue weighted by Crippen LogP contribution is 2.23. The lowest BCUT2D eigenvalue weighted by atomic mass is 10.1. The fraction of sp³-hybridized carbons (Fsp3) is 0.150. The molecule has 1 N–H and O–H groups in total. The van der Waals surface area contributed by atoms with Gasteiger partial charge in [0.05, 0.1) is 26.0 Å². The number of halogens is 1. The van der Waals surface area contributed by atoms with E-state index in [1.165, 1.54) is 6.21 Å². The molecular weight excluding hydrogens is 382 g/mol. The lowest BCUT2D eigenvalue weighted by molar-refractivity contribution is -0.123. The van der Waals surface area contributed by atoms with Crippen molar-refractivity contribution in [3.63, 3.8) is 0 Å². The lowest BCUT2D eigenvalue weighted by Gasteiger charge is -2.06. The van der Waals surface area contributed by atoms with E-state index in [2.05, 4.69) is 15.5 Å². The van der Waals surface area contributed by atoms with E-state index in [4.69, 9.17) is 25.8 Å². The van der Waals surface area contributed by atoms with Crippen LogP contribution in [-0.2, 0) is 4.79 Å². The summed E-state index contributed by atoms with van der Waals surface area (Å²) in [5, 5.41) is 5.04. The third-order valence-corrected chi connectivity index (χ3v) is 4.13. The largest absolute Gasteiger partial charge is 0.497 e. The lowest BCUT2D eigenvalue weighted by Crippen LogP contribution is -2.24. The quantitative estimate of drug-likeness (QED) is 0.374. The van der Waals surface area contributed by atoms with Crippen molar-refractivity contribution in [2.45, 2.75) is 0 Å². The summed E-state index contributed by atoms with van der Waals surface area (Å²) >= 11 is 6.18. The van der Waals surface area contributed by atoms with Gasteiger partial charge in [-0.1, -0.05) is 11.6 Å². The van der Waals surface area contributed by atoms with Crippen LogP contribution in [0.15, 0.2) is 53.6 Å². The molecule has 0 unspecified atom stereocenters. The van der Waals surface area contributed by atoms with E-state index in [1.54, 1.807) is 38.5 Å². The molecular formula is C20H18ClN3O4. The Morgan fingerprint density at radius 3 is 2.46 bits per heavy atom. The number of benzene rings is 2. The van der Waals surface area contributed by atoms with Crippen LogP contribution in [0.2, 0.25) is 5.15 Å². The summed E-state index contributed by atoms with van der Waals surface area (Å²) in [6.07, 6.45) is 1.43. The number of pyridine rings is 1. The van der Waals surface area contributed by atoms with Gasteiger partial charge in [-0.2, -0.15) is 5.10 Å². The Hall–Kier alpha value is -3.32. The van der Waals surface area contributed by atoms with Crippen LogP contribution in [0.1, 0.15) is 5.56 Å². The summed E-state index contributed by atoms with van der Waals surface area (Å²) in [6.45, 7) is -0.176. The van der Waals surface area contributed by atoms with E-state index in [9.17, 15) is 4.79 Å². The Bertz CT molecular complexity index is 1010. The van der Waals surface area contributed by atoms with Crippen molar-refractivity contribution in [3.05, 3.63) is 59.2 Å². The minimum Gasteiger partial charge on any atom is -0.497 e. The standard InChI is InChI=1S/C20H18ClN3O4/c1-26-15-3-5-16(6-4-15)28-12-19(25)24-22-11-14-9-13-10-17(27-2)7-8-18(13)23-20(14)21/h3-11H,12H2,1-2H3,(H,24,25)/b22-11-. The number of fused-ring (bicyclic) bond motifs is 1. The zero-order valence-corrected chi connectivity index (χ0v) is 16.1. The zero-order chi connectivity index (χ0) is 19.9. The average molecular weight is 400 g/mol. The van der Waals surface area contributed by atoms with Gasteiger partial charge in [-0.15, -0.1) is 0 Å². The van der Waals surface area contributed by atoms with Gasteiger partial charge in [0.15, 0.2) is 6.61 Å². The van der Waals surface area contributed by atoms with Crippen molar-refractivity contribution in [3.8, 4) is 17.2 Å². The zero-order valence-electron chi connectivity index (χ0n) is 15.3. The molecule has 7 nitrogen and oxygen atoms in total. The molecule has 0 fully saturated rings. The first-order valence-corrected chi connectivity index (χ1v) is 8.70. The van der Waals surface area contributed by atoms with Crippen molar-refractivity contribution in [2.24, 2.45) is 5.10 Å². The number of carbonyl (C=O) groups excluding carboxylic acids is 1. The number of aromatic nitrogens is 1. The molecule has 0 saturated carbocycles. The van der Waals surface area contributed by atoms with Gasteiger partial charge in [-0.05, 0) is 48.5 Å². The topological polar surface area (TPSA) is 82.0 Å². The Balaban J connectivity index is 1.59. The van der Waals surface area contributed by atoms with Gasteiger partial charge < -0.3 is 14.2 Å². The summed E-state index contributed by atoms with van der Waals surface area (Å²) < 4.78 is 15.7. The van der Waals surface area contributed by atoms with Gasteiger partial charge in [0.2, 0.25) is 0 Å². The summed E-state index contributed by atoms with van der Waals surface area (Å²) in [7, 11) is 3.17. The first-order chi connectivity index (χ1) is 13.6. The highest BCUT2D eigenvalue weighted by molar-refractivity contribution is 6.32. The van der Waals surface area contributed by atoms with Crippen LogP contribution in [0.5, 0.6) is 17.2 Å². The average Bonchev–Trinajstić information content (AvgIpc) is 2.72. The maximum absolute atomic E-state index is 11.9. The maximum Gasteiger partial charge on any atom is 0.277 e. The highest BCUT2D eigenvalue weighted by atomic mass is 35.5. The van der Waals surface area contributed by atoms with Crippen molar-refractivity contribution in [1.82, 2.24) is 10.4 Å². The Labute approximate surface area is 166 Å². The molecule has 28 heavy (non-hydrogen) atoms. The van der Waals surface area contributed by atoms with Crippen LogP contribution in [0, 0.1) is 0 Å². The van der Waals surface area contributed by atoms with E-state index < -0.39 is 5.91 Å². The minimum absolute atomic E-state index is 0.176. The van der Waals surface area contributed by atoms with Gasteiger partial charge >= 0.3 is 0 Å². The molecule has 2 aromatic carbocycles. The van der Waals surface area contributed by atoms with Crippen LogP contribution >= 0.6 is 11.6 Å². The molecule has 0 aliphatic carbocycles. The molecule has 0 bridgehead atoms. The molecule has 3 aromatic rings. The van der Waals surface area contributed by atoms with Gasteiger partial charge in [-0.3, -0.25) is 4.79 Å². The smallest absolute Gasteiger partial charge is 0.277 e. The first-order valence-electron chi connectivity index (χ1n) is 8.32. The van der Waals surface area contributed by atoms with Gasteiger partial charge in [0.1, 0.15) is 22.4 Å². The van der Waals surface area contributed by atoms with E-state index in [0.29, 0.717) is 22.8 Å². The number of carbonyl (C=O) groups is 1. The Kier molecular flexibility index (Phi) is 6.29. The second-order valence-corrected chi connectivity index (χ2v) is 6.04. The van der Waals surface area contributed by atoms with E-state index in [1.807, 2.05) is 24.3 Å². The molecule has 3 rings (SSSR count). The minimum atomic E-state index is -0.404. The van der Waals surface area contributed by atoms with E-state index >= 15 is 0 Å². The highest BCUT2D eigenvalue weighted by Gasteiger charge is 2.06. The second kappa shape index (κ2) is 9.05. The van der Waals surface area contributed by atoms with Gasteiger partial charge in [0.25, 0.3) is 5.91 Å². The Morgan fingerprint density at radius 1 is 1.07 bits per heavy atom. The predicted octanol–water partition coefficient (Wildman–Crippen LogP) is 3.43. The SMILES string of the molecule is COc1ccc(OCC(=O)N/N=C\c2cc3cc(OC)ccc3nc2Cl)cc1. The number of hydrogen-bond donors (Lipinski definition) is 1. The third-order valence-electron chi connectivity index (χ3n) is 3.82. The van der Waals surface area contributed by atoms with Gasteiger partial charge in [0, 0.05) is 10.9 Å². The summed E-state index contributed by atoms with van der Waals surface area (Å²) in [6, 6.07) is 14.2. The summed E-state index contributed by atoms with van der Waals surface area (Å²) in [4.78, 5) is 16.2. The van der Waals surface area contributed by atoms with Crippen molar-refractivity contribution in [1.29, 1.82) is 0 Å². The number of hydrogen-bond acceptors (Lipinski definition) is 6. The molecule has 144 valence electrons. The van der Waals surface area contributed by atoms with E-state index in [-0.39, 0.29) is 11.8 Å². The van der Waals surface area contributed by atoms with Crippen LogP contribution in [0.3, 0.4) is 0 Å². The number of hydrazone groups is 1. The predicted molar refractivity (Wildman–Crippen MR) is 108 cm³/mol. The molecule has 0 radical (unpaired) electrons. The molecule has 0 aliphatic heterocycles. The number of methoxy groups -OCH3 is 2. The number of rotatable bonds is 7. The monoisotopic (exact) mass is 399 g/mol. The number of nitrogens with one attached hydrogen (secondary N) is 1. The summed E-state index contributed by atoms with van der Waals surface area (Å²) in [5.41, 5.74) is 3.70. The molecule has 0 spiro atoms. The third kappa shape index (κ3) is 4.89. The van der Waals surface area contributed by atoms with Crippen LogP contribution in [-0.4, -0.2) is 37.9 Å². The molecule has 1 aromatic heterocycles. The molecule has 0 aliphatic rings. The van der Waals surface area contributed by atoms with Gasteiger partial charge in [-0.25, -0.2) is 10.4 Å². The van der Waals surface area contributed by atoms with Crippen LogP contribution < -0.4 is 19.6 Å². The molecule has 0 atom stereocenters. The molecule has 8 heteroatoms. The van der Waals surface area contributed by atoms with Crippen molar-refractivity contribution >= 4 is 34.6 Å². The fourth-order valence-electron chi connectivity index (χ4n) is 2.39. The number of ether oxygens (including phenoxy) is 3.